The van der Waals surface area contributed by atoms with Crippen LogP contribution in [-0.4, -0.2) is 20.1 Å². The lowest BCUT2D eigenvalue weighted by Gasteiger charge is -2.06. The Balaban J connectivity index is 2.58. The summed E-state index contributed by atoms with van der Waals surface area (Å²) in [6.07, 6.45) is 0. The molecule has 0 saturated carbocycles. The molecule has 1 aromatic heterocycles. The van der Waals surface area contributed by atoms with Crippen LogP contribution in [0.4, 0.5) is 11.9 Å². The van der Waals surface area contributed by atoms with E-state index in [1.165, 1.54) is 0 Å². The molecule has 0 bridgehead atoms. The number of aliphatic hydroxyl groups excluding tert-OH is 1. The molecule has 0 aliphatic heterocycles. The quantitative estimate of drug-likeness (QED) is 0.662. The van der Waals surface area contributed by atoms with Crippen LogP contribution in [0.15, 0.2) is 24.3 Å². The molecule has 0 saturated heterocycles. The van der Waals surface area contributed by atoms with Gasteiger partial charge in [-0.05, 0) is 5.56 Å². The first kappa shape index (κ1) is 10.3. The highest BCUT2D eigenvalue weighted by atomic mass is 16.3. The third kappa shape index (κ3) is 1.91. The number of aromatic nitrogens is 3. The first-order valence-corrected chi connectivity index (χ1v) is 4.67. The summed E-state index contributed by atoms with van der Waals surface area (Å²) >= 11 is 0. The molecule has 1 heterocycles. The van der Waals surface area contributed by atoms with E-state index in [0.29, 0.717) is 17.0 Å². The van der Waals surface area contributed by atoms with Gasteiger partial charge in [-0.3, -0.25) is 0 Å². The smallest absolute Gasteiger partial charge is 0.225 e. The number of hydrogen-bond donors (Lipinski definition) is 3. The van der Waals surface area contributed by atoms with Gasteiger partial charge in [0.25, 0.3) is 0 Å². The number of hydrogen-bond acceptors (Lipinski definition) is 6. The molecule has 0 aliphatic carbocycles. The zero-order valence-electron chi connectivity index (χ0n) is 8.46. The second-order valence-electron chi connectivity index (χ2n) is 3.19. The first-order chi connectivity index (χ1) is 7.70. The Labute approximate surface area is 92.0 Å². The zero-order chi connectivity index (χ0) is 11.5. The molecule has 0 spiro atoms. The third-order valence-corrected chi connectivity index (χ3v) is 2.10. The predicted octanol–water partition coefficient (Wildman–Crippen LogP) is 0.195. The summed E-state index contributed by atoms with van der Waals surface area (Å²) in [5.41, 5.74) is 12.4. The molecule has 6 heteroatoms. The van der Waals surface area contributed by atoms with E-state index in [2.05, 4.69) is 15.0 Å². The van der Waals surface area contributed by atoms with Gasteiger partial charge < -0.3 is 16.6 Å². The van der Waals surface area contributed by atoms with Gasteiger partial charge in [0.2, 0.25) is 11.9 Å². The number of nitrogen functional groups attached to an aromatic ring is 2. The molecule has 0 atom stereocenters. The lowest BCUT2D eigenvalue weighted by Crippen LogP contribution is -2.05. The van der Waals surface area contributed by atoms with Gasteiger partial charge in [0.05, 0.1) is 6.61 Å². The van der Waals surface area contributed by atoms with Crippen molar-refractivity contribution in [2.75, 3.05) is 11.5 Å². The number of nitrogens with two attached hydrogens (primary N) is 2. The summed E-state index contributed by atoms with van der Waals surface area (Å²) in [6, 6.07) is 7.22. The van der Waals surface area contributed by atoms with Crippen molar-refractivity contribution in [2.45, 2.75) is 6.61 Å². The maximum atomic E-state index is 9.18. The minimum Gasteiger partial charge on any atom is -0.392 e. The number of aliphatic hydroxyl groups is 1. The van der Waals surface area contributed by atoms with Gasteiger partial charge >= 0.3 is 0 Å². The van der Waals surface area contributed by atoms with Crippen molar-refractivity contribution in [3.05, 3.63) is 29.8 Å². The van der Waals surface area contributed by atoms with Gasteiger partial charge in [0.1, 0.15) is 0 Å². The molecule has 0 amide bonds. The van der Waals surface area contributed by atoms with E-state index in [1.807, 2.05) is 12.1 Å². The highest BCUT2D eigenvalue weighted by molar-refractivity contribution is 5.61. The largest absolute Gasteiger partial charge is 0.392 e. The number of anilines is 2. The van der Waals surface area contributed by atoms with Gasteiger partial charge in [-0.15, -0.1) is 0 Å². The topological polar surface area (TPSA) is 111 Å². The van der Waals surface area contributed by atoms with Crippen molar-refractivity contribution in [1.29, 1.82) is 0 Å². The number of nitrogens with zero attached hydrogens (tertiary/aromatic N) is 3. The summed E-state index contributed by atoms with van der Waals surface area (Å²) in [5, 5.41) is 9.18. The van der Waals surface area contributed by atoms with Crippen LogP contribution in [0.25, 0.3) is 11.4 Å². The molecule has 82 valence electrons. The molecule has 1 aromatic carbocycles. The second kappa shape index (κ2) is 4.11. The summed E-state index contributed by atoms with van der Waals surface area (Å²) in [5.74, 6) is 0.500. The van der Waals surface area contributed by atoms with Crippen LogP contribution in [0.1, 0.15) is 5.56 Å². The van der Waals surface area contributed by atoms with Crippen molar-refractivity contribution in [3.63, 3.8) is 0 Å². The molecule has 16 heavy (non-hydrogen) atoms. The van der Waals surface area contributed by atoms with Crippen molar-refractivity contribution in [2.24, 2.45) is 0 Å². The second-order valence-corrected chi connectivity index (χ2v) is 3.19. The number of rotatable bonds is 2. The Morgan fingerprint density at radius 1 is 1.00 bits per heavy atom. The van der Waals surface area contributed by atoms with Crippen LogP contribution < -0.4 is 11.5 Å². The Bertz CT molecular complexity index is 494. The molecule has 0 radical (unpaired) electrons. The van der Waals surface area contributed by atoms with Gasteiger partial charge in [0.15, 0.2) is 5.82 Å². The fourth-order valence-corrected chi connectivity index (χ4v) is 1.41. The zero-order valence-corrected chi connectivity index (χ0v) is 8.46. The molecule has 5 N–H and O–H groups in total. The fourth-order valence-electron chi connectivity index (χ4n) is 1.41. The predicted molar refractivity (Wildman–Crippen MR) is 60.0 cm³/mol. The van der Waals surface area contributed by atoms with Crippen molar-refractivity contribution in [3.8, 4) is 11.4 Å². The summed E-state index contributed by atoms with van der Waals surface area (Å²) in [7, 11) is 0. The fraction of sp³-hybridized carbons (Fsp3) is 0.100. The first-order valence-electron chi connectivity index (χ1n) is 4.67. The van der Waals surface area contributed by atoms with E-state index in [4.69, 9.17) is 11.5 Å². The minimum absolute atomic E-state index is 0.0650. The van der Waals surface area contributed by atoms with Crippen molar-refractivity contribution in [1.82, 2.24) is 15.0 Å². The van der Waals surface area contributed by atoms with E-state index in [-0.39, 0.29) is 18.5 Å². The van der Waals surface area contributed by atoms with Crippen LogP contribution in [0.5, 0.6) is 0 Å². The van der Waals surface area contributed by atoms with Crippen LogP contribution >= 0.6 is 0 Å². The molecule has 0 aliphatic rings. The monoisotopic (exact) mass is 217 g/mol. The standard InChI is InChI=1S/C10H11N5O/c11-9-13-8(14-10(12)15-9)7-4-2-1-3-6(7)5-16/h1-4,16H,5H2,(H4,11,12,13,14,15). The van der Waals surface area contributed by atoms with Gasteiger partial charge in [-0.2, -0.15) is 15.0 Å². The third-order valence-electron chi connectivity index (χ3n) is 2.10. The maximum absolute atomic E-state index is 9.18. The van der Waals surface area contributed by atoms with Gasteiger partial charge in [0, 0.05) is 5.56 Å². The van der Waals surface area contributed by atoms with E-state index in [0.717, 1.165) is 0 Å². The normalized spacial score (nSPS) is 10.3. The average molecular weight is 217 g/mol. The molecule has 0 unspecified atom stereocenters. The van der Waals surface area contributed by atoms with E-state index in [9.17, 15) is 5.11 Å². The van der Waals surface area contributed by atoms with Gasteiger partial charge in [-0.1, -0.05) is 24.3 Å². The maximum Gasteiger partial charge on any atom is 0.225 e. The molecule has 6 nitrogen and oxygen atoms in total. The van der Waals surface area contributed by atoms with Crippen LogP contribution in [0.3, 0.4) is 0 Å². The summed E-state index contributed by atoms with van der Waals surface area (Å²) < 4.78 is 0. The van der Waals surface area contributed by atoms with Gasteiger partial charge in [-0.25, -0.2) is 0 Å². The molecule has 2 rings (SSSR count). The molecular weight excluding hydrogens is 206 g/mol. The molecule has 0 fully saturated rings. The van der Waals surface area contributed by atoms with Crippen LogP contribution in [0, 0.1) is 0 Å². The van der Waals surface area contributed by atoms with Crippen LogP contribution in [0.2, 0.25) is 0 Å². The van der Waals surface area contributed by atoms with Crippen molar-refractivity contribution < 1.29 is 5.11 Å². The Kier molecular flexibility index (Phi) is 2.65. The SMILES string of the molecule is Nc1nc(N)nc(-c2ccccc2CO)n1. The van der Waals surface area contributed by atoms with Crippen LogP contribution in [-0.2, 0) is 6.61 Å². The van der Waals surface area contributed by atoms with E-state index in [1.54, 1.807) is 12.1 Å². The van der Waals surface area contributed by atoms with E-state index < -0.39 is 0 Å². The minimum atomic E-state index is -0.0956. The highest BCUT2D eigenvalue weighted by Gasteiger charge is 2.08. The number of benzene rings is 1. The summed E-state index contributed by atoms with van der Waals surface area (Å²) in [6.45, 7) is -0.0956. The highest BCUT2D eigenvalue weighted by Crippen LogP contribution is 2.20. The lowest BCUT2D eigenvalue weighted by molar-refractivity contribution is 0.282. The Hall–Kier alpha value is -2.21. The Morgan fingerprint density at radius 3 is 2.25 bits per heavy atom. The molecular formula is C10H11N5O. The average Bonchev–Trinajstić information content (AvgIpc) is 2.27. The van der Waals surface area contributed by atoms with Crippen molar-refractivity contribution >= 4 is 11.9 Å². The molecule has 2 aromatic rings. The van der Waals surface area contributed by atoms with E-state index >= 15 is 0 Å². The lowest BCUT2D eigenvalue weighted by atomic mass is 10.1. The summed E-state index contributed by atoms with van der Waals surface area (Å²) in [4.78, 5) is 11.6. The Morgan fingerprint density at radius 2 is 1.62 bits per heavy atom.